The summed E-state index contributed by atoms with van der Waals surface area (Å²) in [5, 5.41) is 4.40. The van der Waals surface area contributed by atoms with Crippen molar-refractivity contribution in [1.82, 2.24) is 19.6 Å². The first-order chi connectivity index (χ1) is 16.6. The summed E-state index contributed by atoms with van der Waals surface area (Å²) in [5.74, 6) is -4.72. The maximum Gasteiger partial charge on any atom is 0.409 e. The van der Waals surface area contributed by atoms with Gasteiger partial charge in [0.15, 0.2) is 17.5 Å². The van der Waals surface area contributed by atoms with Crippen molar-refractivity contribution in [3.63, 3.8) is 0 Å². The number of nitrogens with zero attached hydrogens (tertiary/aromatic N) is 5. The van der Waals surface area contributed by atoms with Crippen LogP contribution in [0.2, 0.25) is 0 Å². The Morgan fingerprint density at radius 2 is 1.86 bits per heavy atom. The molecule has 0 radical (unpaired) electrons. The first-order valence-electron chi connectivity index (χ1n) is 11.2. The van der Waals surface area contributed by atoms with E-state index in [2.05, 4.69) is 5.10 Å². The van der Waals surface area contributed by atoms with Gasteiger partial charge in [-0.1, -0.05) is 0 Å². The molecule has 35 heavy (non-hydrogen) atoms. The lowest BCUT2D eigenvalue weighted by Crippen LogP contribution is -2.59. The molecule has 3 aliphatic rings. The van der Waals surface area contributed by atoms with E-state index in [9.17, 15) is 27.6 Å². The molecule has 2 fully saturated rings. The molecule has 1 aromatic carbocycles. The molecule has 12 heteroatoms. The second-order valence-electron chi connectivity index (χ2n) is 9.56. The Balaban J connectivity index is 1.32. The Labute approximate surface area is 199 Å². The maximum atomic E-state index is 13.6. The van der Waals surface area contributed by atoms with Crippen LogP contribution < -0.4 is 4.90 Å². The number of halogens is 3. The predicted octanol–water partition coefficient (Wildman–Crippen LogP) is 2.08. The lowest BCUT2D eigenvalue weighted by Gasteiger charge is -2.46. The number of hydrogen-bond acceptors (Lipinski definition) is 5. The third kappa shape index (κ3) is 3.90. The number of anilines is 1. The molecule has 3 aliphatic heterocycles. The molecule has 9 nitrogen and oxygen atoms in total. The fraction of sp³-hybridized carbons (Fsp3) is 0.478. The van der Waals surface area contributed by atoms with Gasteiger partial charge in [0.2, 0.25) is 11.8 Å². The molecule has 0 aliphatic carbocycles. The van der Waals surface area contributed by atoms with E-state index in [1.807, 2.05) is 6.92 Å². The van der Waals surface area contributed by atoms with Gasteiger partial charge in [0.05, 0.1) is 44.2 Å². The number of amides is 3. The highest BCUT2D eigenvalue weighted by atomic mass is 19.2. The van der Waals surface area contributed by atoms with Gasteiger partial charge in [-0.25, -0.2) is 18.0 Å². The standard InChI is InChI=1S/C23H24F3N5O4/c1-13-8-31-18(9-29(13)19(32)5-14-3-15(24)21(26)16(25)4-14)17(7-27-31)30-12-23(6-20(30)33)10-28(11-23)22(34)35-2/h3-4,7,13H,5-6,8-12H2,1-2H3/t13-/m0/s1. The van der Waals surface area contributed by atoms with Crippen molar-refractivity contribution >= 4 is 23.6 Å². The largest absolute Gasteiger partial charge is 0.453 e. The highest BCUT2D eigenvalue weighted by molar-refractivity contribution is 5.97. The number of aromatic nitrogens is 2. The van der Waals surface area contributed by atoms with Crippen LogP contribution in [0.4, 0.5) is 23.7 Å². The maximum absolute atomic E-state index is 13.6. The quantitative estimate of drug-likeness (QED) is 0.614. The molecule has 0 unspecified atom stereocenters. The van der Waals surface area contributed by atoms with Gasteiger partial charge in [0.1, 0.15) is 0 Å². The number of rotatable bonds is 3. The van der Waals surface area contributed by atoms with Gasteiger partial charge >= 0.3 is 6.09 Å². The molecule has 1 aromatic heterocycles. The summed E-state index contributed by atoms with van der Waals surface area (Å²) in [4.78, 5) is 42.4. The van der Waals surface area contributed by atoms with E-state index in [0.717, 1.165) is 12.1 Å². The number of hydrogen-bond donors (Lipinski definition) is 0. The van der Waals surface area contributed by atoms with Crippen LogP contribution in [0, 0.1) is 22.9 Å². The fourth-order valence-electron chi connectivity index (χ4n) is 5.28. The van der Waals surface area contributed by atoms with Crippen molar-refractivity contribution in [3.05, 3.63) is 47.0 Å². The third-order valence-corrected chi connectivity index (χ3v) is 7.03. The highest BCUT2D eigenvalue weighted by Crippen LogP contribution is 2.43. The predicted molar refractivity (Wildman–Crippen MR) is 116 cm³/mol. The molecule has 3 amide bonds. The number of ether oxygens (including phenoxy) is 1. The van der Waals surface area contributed by atoms with E-state index in [4.69, 9.17) is 4.74 Å². The Hall–Kier alpha value is -3.57. The molecule has 2 aromatic rings. The number of carbonyl (C=O) groups excluding carboxylic acids is 3. The summed E-state index contributed by atoms with van der Waals surface area (Å²) in [6.07, 6.45) is 1.19. The zero-order chi connectivity index (χ0) is 25.1. The normalized spacial score (nSPS) is 20.8. The van der Waals surface area contributed by atoms with E-state index in [1.165, 1.54) is 7.11 Å². The summed E-state index contributed by atoms with van der Waals surface area (Å²) in [6, 6.07) is 1.39. The van der Waals surface area contributed by atoms with Gasteiger partial charge < -0.3 is 19.4 Å². The average molecular weight is 491 g/mol. The minimum absolute atomic E-state index is 0.0368. The summed E-state index contributed by atoms with van der Waals surface area (Å²) in [7, 11) is 1.32. The molecule has 0 bridgehead atoms. The van der Waals surface area contributed by atoms with E-state index in [0.29, 0.717) is 44.0 Å². The average Bonchev–Trinajstić information content (AvgIpc) is 3.35. The fourth-order valence-corrected chi connectivity index (χ4v) is 5.28. The van der Waals surface area contributed by atoms with Gasteiger partial charge in [-0.15, -0.1) is 0 Å². The summed E-state index contributed by atoms with van der Waals surface area (Å²) >= 11 is 0. The number of likely N-dealkylation sites (tertiary alicyclic amines) is 1. The van der Waals surface area contributed by atoms with Crippen LogP contribution in [-0.4, -0.2) is 70.3 Å². The summed E-state index contributed by atoms with van der Waals surface area (Å²) in [6.45, 7) is 3.66. The van der Waals surface area contributed by atoms with Crippen LogP contribution in [0.25, 0.3) is 0 Å². The first kappa shape index (κ1) is 23.2. The van der Waals surface area contributed by atoms with Crippen molar-refractivity contribution in [1.29, 1.82) is 0 Å². The van der Waals surface area contributed by atoms with E-state index < -0.39 is 23.5 Å². The number of fused-ring (bicyclic) bond motifs is 1. The van der Waals surface area contributed by atoms with Crippen LogP contribution in [0.3, 0.4) is 0 Å². The van der Waals surface area contributed by atoms with Crippen molar-refractivity contribution in [2.45, 2.75) is 38.9 Å². The second-order valence-corrected chi connectivity index (χ2v) is 9.56. The Morgan fingerprint density at radius 3 is 2.51 bits per heavy atom. The number of methoxy groups -OCH3 is 1. The molecule has 186 valence electrons. The van der Waals surface area contributed by atoms with Gasteiger partial charge in [0, 0.05) is 37.5 Å². The molecule has 2 saturated heterocycles. The highest BCUT2D eigenvalue weighted by Gasteiger charge is 2.54. The third-order valence-electron chi connectivity index (χ3n) is 7.03. The van der Waals surface area contributed by atoms with Crippen molar-refractivity contribution in [2.75, 3.05) is 31.6 Å². The SMILES string of the molecule is COC(=O)N1CC2(CC(=O)N(c3cnn4c3CN(C(=O)Cc3cc(F)c(F)c(F)c3)[C@@H](C)C4)C2)C1. The minimum atomic E-state index is -1.57. The minimum Gasteiger partial charge on any atom is -0.453 e. The molecular weight excluding hydrogens is 467 g/mol. The molecule has 0 saturated carbocycles. The van der Waals surface area contributed by atoms with Crippen LogP contribution in [0.15, 0.2) is 18.3 Å². The Kier molecular flexibility index (Phi) is 5.48. The first-order valence-corrected chi connectivity index (χ1v) is 11.2. The van der Waals surface area contributed by atoms with E-state index >= 15 is 0 Å². The van der Waals surface area contributed by atoms with Gasteiger partial charge in [-0.3, -0.25) is 14.3 Å². The summed E-state index contributed by atoms with van der Waals surface area (Å²) in [5.41, 5.74) is 0.984. The summed E-state index contributed by atoms with van der Waals surface area (Å²) < 4.78 is 47.0. The monoisotopic (exact) mass is 491 g/mol. The lowest BCUT2D eigenvalue weighted by molar-refractivity contribution is -0.134. The van der Waals surface area contributed by atoms with Gasteiger partial charge in [0.25, 0.3) is 0 Å². The van der Waals surface area contributed by atoms with E-state index in [1.54, 1.807) is 25.6 Å². The number of benzene rings is 1. The van der Waals surface area contributed by atoms with Crippen molar-refractivity contribution in [2.24, 2.45) is 5.41 Å². The smallest absolute Gasteiger partial charge is 0.409 e. The van der Waals surface area contributed by atoms with Crippen LogP contribution in [0.1, 0.15) is 24.6 Å². The zero-order valence-electron chi connectivity index (χ0n) is 19.3. The zero-order valence-corrected chi connectivity index (χ0v) is 19.3. The van der Waals surface area contributed by atoms with Crippen LogP contribution in [-0.2, 0) is 33.8 Å². The van der Waals surface area contributed by atoms with Crippen molar-refractivity contribution < 1.29 is 32.3 Å². The molecule has 4 heterocycles. The van der Waals surface area contributed by atoms with Gasteiger partial charge in [-0.2, -0.15) is 5.10 Å². The molecule has 5 rings (SSSR count). The topological polar surface area (TPSA) is 88.0 Å². The molecular formula is C23H24F3N5O4. The van der Waals surface area contributed by atoms with Crippen molar-refractivity contribution in [3.8, 4) is 0 Å². The Bertz CT molecular complexity index is 1200. The molecule has 0 N–H and O–H groups in total. The molecule has 1 spiro atoms. The second kappa shape index (κ2) is 8.28. The Morgan fingerprint density at radius 1 is 1.17 bits per heavy atom. The van der Waals surface area contributed by atoms with E-state index in [-0.39, 0.29) is 41.8 Å². The van der Waals surface area contributed by atoms with Crippen LogP contribution in [0.5, 0.6) is 0 Å². The lowest BCUT2D eigenvalue weighted by atomic mass is 9.79. The molecule has 1 atom stereocenters. The van der Waals surface area contributed by atoms with Gasteiger partial charge in [-0.05, 0) is 24.6 Å². The number of carbonyl (C=O) groups is 3. The van der Waals surface area contributed by atoms with Crippen LogP contribution >= 0.6 is 0 Å².